The maximum absolute atomic E-state index is 4.26. The molecule has 0 aromatic rings. The lowest BCUT2D eigenvalue weighted by molar-refractivity contribution is 1.50. The van der Waals surface area contributed by atoms with E-state index < -0.39 is 0 Å². The summed E-state index contributed by atoms with van der Waals surface area (Å²) in [7, 11) is 0. The largest absolute Gasteiger partial charge is 0.160 e. The molecule has 2 heteroatoms. The van der Waals surface area contributed by atoms with Gasteiger partial charge in [0.1, 0.15) is 0 Å². The highest BCUT2D eigenvalue weighted by Crippen LogP contribution is 2.27. The molecule has 10 heavy (non-hydrogen) atoms. The molecule has 1 aliphatic heterocycles. The fourth-order valence-corrected chi connectivity index (χ4v) is 1.86. The molecular formula is C8H14S2. The molecular weight excluding hydrogens is 160 g/mol. The van der Waals surface area contributed by atoms with Crippen LogP contribution in [0.4, 0.5) is 0 Å². The molecule has 0 aromatic heterocycles. The third kappa shape index (κ3) is 4.07. The zero-order valence-corrected chi connectivity index (χ0v) is 8.38. The molecule has 0 saturated heterocycles. The quantitative estimate of drug-likeness (QED) is 0.549. The summed E-state index contributed by atoms with van der Waals surface area (Å²) in [6.45, 7) is 6.09. The first-order valence-corrected chi connectivity index (χ1v) is 4.88. The second-order valence-electron chi connectivity index (χ2n) is 1.67. The molecule has 0 radical (unpaired) electrons. The summed E-state index contributed by atoms with van der Waals surface area (Å²) in [6, 6.07) is 0. The Hall–Kier alpha value is 0.180. The van der Waals surface area contributed by atoms with Gasteiger partial charge in [0.15, 0.2) is 0 Å². The van der Waals surface area contributed by atoms with Gasteiger partial charge in [-0.05, 0) is 11.8 Å². The summed E-state index contributed by atoms with van der Waals surface area (Å²) in [5, 5.41) is 0. The molecule has 0 bridgehead atoms. The van der Waals surface area contributed by atoms with Crippen LogP contribution in [0.5, 0.6) is 0 Å². The van der Waals surface area contributed by atoms with Crippen molar-refractivity contribution >= 4 is 24.4 Å². The Kier molecular flexibility index (Phi) is 6.03. The second kappa shape index (κ2) is 5.93. The Morgan fingerprint density at radius 2 is 2.10 bits per heavy atom. The van der Waals surface area contributed by atoms with Crippen molar-refractivity contribution in [2.24, 2.45) is 0 Å². The lowest BCUT2D eigenvalue weighted by Gasteiger charge is -2.07. The minimum Gasteiger partial charge on any atom is -0.160 e. The van der Waals surface area contributed by atoms with E-state index in [0.717, 1.165) is 0 Å². The van der Waals surface area contributed by atoms with Gasteiger partial charge < -0.3 is 0 Å². The van der Waals surface area contributed by atoms with Crippen LogP contribution in [-0.4, -0.2) is 4.58 Å². The highest BCUT2D eigenvalue weighted by molar-refractivity contribution is 8.13. The number of hydrogen-bond acceptors (Lipinski definition) is 2. The zero-order chi connectivity index (χ0) is 7.98. The van der Waals surface area contributed by atoms with Crippen molar-refractivity contribution in [2.75, 3.05) is 0 Å². The van der Waals surface area contributed by atoms with E-state index in [9.17, 15) is 0 Å². The third-order valence-corrected chi connectivity index (χ3v) is 2.31. The first-order valence-electron chi connectivity index (χ1n) is 3.49. The summed E-state index contributed by atoms with van der Waals surface area (Å²) in [5.41, 5.74) is 0. The first kappa shape index (κ1) is 10.2. The minimum absolute atomic E-state index is 0.375. The average Bonchev–Trinajstić information content (AvgIpc) is 1.91. The van der Waals surface area contributed by atoms with E-state index >= 15 is 0 Å². The molecule has 0 fully saturated rings. The topological polar surface area (TPSA) is 0 Å². The number of allylic oxidation sites excluding steroid dienone is 3. The van der Waals surface area contributed by atoms with Crippen LogP contribution < -0.4 is 0 Å². The molecule has 0 saturated carbocycles. The minimum atomic E-state index is 0.375. The number of thioether (sulfide) groups is 1. The van der Waals surface area contributed by atoms with Crippen LogP contribution in [0.15, 0.2) is 23.1 Å². The molecule has 1 heterocycles. The fraction of sp³-hybridized carbons (Fsp3) is 0.500. The number of hydrogen-bond donors (Lipinski definition) is 1. The Morgan fingerprint density at radius 1 is 1.50 bits per heavy atom. The van der Waals surface area contributed by atoms with Crippen LogP contribution in [0.25, 0.3) is 0 Å². The van der Waals surface area contributed by atoms with Gasteiger partial charge in [-0.2, -0.15) is 12.6 Å². The van der Waals surface area contributed by atoms with Gasteiger partial charge in [0.05, 0.1) is 4.58 Å². The van der Waals surface area contributed by atoms with E-state index in [0.29, 0.717) is 4.58 Å². The Morgan fingerprint density at radius 3 is 2.40 bits per heavy atom. The average molecular weight is 174 g/mol. The molecule has 1 atom stereocenters. The van der Waals surface area contributed by atoms with Gasteiger partial charge >= 0.3 is 0 Å². The maximum atomic E-state index is 4.26. The second-order valence-corrected chi connectivity index (χ2v) is 3.96. The van der Waals surface area contributed by atoms with E-state index in [1.165, 1.54) is 4.91 Å². The molecule has 58 valence electrons. The third-order valence-electron chi connectivity index (χ3n) is 0.913. The summed E-state index contributed by atoms with van der Waals surface area (Å²) < 4.78 is 0.375. The predicted octanol–water partition coefficient (Wildman–Crippen LogP) is 3.48. The standard InChI is InChI=1S/C6H8S2.C2H6/c1-5-3-2-4-6(7)8-5;1-2/h2-4,6-7H,1H3;1-2H3. The van der Waals surface area contributed by atoms with Crippen molar-refractivity contribution in [3.05, 3.63) is 23.1 Å². The zero-order valence-electron chi connectivity index (χ0n) is 6.66. The molecule has 0 spiro atoms. The van der Waals surface area contributed by atoms with Gasteiger partial charge in [-0.1, -0.05) is 32.1 Å². The Balaban J connectivity index is 0.000000371. The normalized spacial score (nSPS) is 22.8. The fourth-order valence-electron chi connectivity index (χ4n) is 0.555. The maximum Gasteiger partial charge on any atom is 0.0699 e. The number of rotatable bonds is 0. The van der Waals surface area contributed by atoms with Crippen LogP contribution in [0, 0.1) is 0 Å². The van der Waals surface area contributed by atoms with Crippen molar-refractivity contribution in [3.63, 3.8) is 0 Å². The SMILES string of the molecule is CC.CC1=CC=CC(S)S1. The highest BCUT2D eigenvalue weighted by Gasteiger charge is 2.01. The van der Waals surface area contributed by atoms with Crippen molar-refractivity contribution in [3.8, 4) is 0 Å². The highest BCUT2D eigenvalue weighted by atomic mass is 32.2. The summed E-state index contributed by atoms with van der Waals surface area (Å²) in [6.07, 6.45) is 6.21. The van der Waals surface area contributed by atoms with E-state index in [1.54, 1.807) is 11.8 Å². The lowest BCUT2D eigenvalue weighted by atomic mass is 10.4. The Bertz CT molecular complexity index is 136. The van der Waals surface area contributed by atoms with Gasteiger partial charge in [-0.3, -0.25) is 0 Å². The summed E-state index contributed by atoms with van der Waals surface area (Å²) >= 11 is 6.04. The molecule has 0 amide bonds. The smallest absolute Gasteiger partial charge is 0.0699 e. The monoisotopic (exact) mass is 174 g/mol. The van der Waals surface area contributed by atoms with Crippen molar-refractivity contribution in [1.29, 1.82) is 0 Å². The van der Waals surface area contributed by atoms with Crippen LogP contribution in [-0.2, 0) is 0 Å². The molecule has 0 aliphatic carbocycles. The van der Waals surface area contributed by atoms with Gasteiger partial charge in [-0.25, -0.2) is 0 Å². The van der Waals surface area contributed by atoms with Crippen LogP contribution in [0.2, 0.25) is 0 Å². The van der Waals surface area contributed by atoms with Gasteiger partial charge in [-0.15, -0.1) is 11.8 Å². The van der Waals surface area contributed by atoms with E-state index in [-0.39, 0.29) is 0 Å². The molecule has 1 aliphatic rings. The Labute approximate surface area is 73.2 Å². The molecule has 0 aromatic carbocycles. The predicted molar refractivity (Wildman–Crippen MR) is 54.6 cm³/mol. The van der Waals surface area contributed by atoms with Crippen molar-refractivity contribution in [1.82, 2.24) is 0 Å². The van der Waals surface area contributed by atoms with Gasteiger partial charge in [0.2, 0.25) is 0 Å². The van der Waals surface area contributed by atoms with Gasteiger partial charge in [0.25, 0.3) is 0 Å². The molecule has 0 N–H and O–H groups in total. The summed E-state index contributed by atoms with van der Waals surface area (Å²) in [5.74, 6) is 0. The van der Waals surface area contributed by atoms with Gasteiger partial charge in [0, 0.05) is 0 Å². The van der Waals surface area contributed by atoms with E-state index in [4.69, 9.17) is 0 Å². The lowest BCUT2D eigenvalue weighted by Crippen LogP contribution is -1.88. The van der Waals surface area contributed by atoms with Crippen molar-refractivity contribution < 1.29 is 0 Å². The van der Waals surface area contributed by atoms with E-state index in [2.05, 4.69) is 31.7 Å². The van der Waals surface area contributed by atoms with Crippen LogP contribution >= 0.6 is 24.4 Å². The van der Waals surface area contributed by atoms with Crippen LogP contribution in [0.3, 0.4) is 0 Å². The van der Waals surface area contributed by atoms with E-state index in [1.807, 2.05) is 19.9 Å². The molecule has 1 rings (SSSR count). The first-order chi connectivity index (χ1) is 4.79. The number of thiol groups is 1. The molecule has 1 unspecified atom stereocenters. The van der Waals surface area contributed by atoms with Crippen molar-refractivity contribution in [2.45, 2.75) is 25.4 Å². The molecule has 0 nitrogen and oxygen atoms in total. The summed E-state index contributed by atoms with van der Waals surface area (Å²) in [4.78, 5) is 1.34. The van der Waals surface area contributed by atoms with Crippen LogP contribution in [0.1, 0.15) is 20.8 Å².